The molecule has 0 aromatic heterocycles. The number of nitrogens with one attached hydrogen (secondary N) is 4. The number of aromatic hydroxyl groups is 2. The second kappa shape index (κ2) is 20.7. The molecule has 0 aliphatic carbocycles. The highest BCUT2D eigenvalue weighted by Crippen LogP contribution is 2.39. The molecule has 4 aromatic rings. The van der Waals surface area contributed by atoms with Gasteiger partial charge in [-0.05, 0) is 110 Å². The van der Waals surface area contributed by atoms with E-state index in [4.69, 9.17) is 23.1 Å². The first-order valence-electron chi connectivity index (χ1n) is 20.0. The number of phenols is 2. The van der Waals surface area contributed by atoms with Crippen LogP contribution in [-0.2, 0) is 35.2 Å². The van der Waals surface area contributed by atoms with E-state index in [9.17, 15) is 43.8 Å². The Balaban J connectivity index is 1.48. The van der Waals surface area contributed by atoms with Gasteiger partial charge in [-0.2, -0.15) is 0 Å². The number of carbonyl (C=O) groups is 7. The SMILES string of the molecule is CC(NC(=O)C1Cc2ccc(O)c(c2)-c2cc(ccc2O)C(N(C)C(=O)C(CCCCN)NC(=O)c2ccc(-c3ccc(Cl)cc3)cc2)C(=O)NC(C)C(=O)N1)C(=O)CC(N)=O. The van der Waals surface area contributed by atoms with Crippen LogP contribution in [0.1, 0.15) is 67.1 Å². The molecule has 1 aliphatic rings. The molecule has 0 saturated heterocycles. The second-order valence-corrected chi connectivity index (χ2v) is 15.6. The Morgan fingerprint density at radius 3 is 2.08 bits per heavy atom. The topological polar surface area (TPSA) is 263 Å². The van der Waals surface area contributed by atoms with Gasteiger partial charge >= 0.3 is 0 Å². The van der Waals surface area contributed by atoms with Crippen molar-refractivity contribution in [3.63, 3.8) is 0 Å². The van der Waals surface area contributed by atoms with Crippen LogP contribution in [0.4, 0.5) is 0 Å². The Hall–Kier alpha value is -6.78. The van der Waals surface area contributed by atoms with Crippen LogP contribution in [0.5, 0.6) is 11.5 Å². The van der Waals surface area contributed by atoms with E-state index in [-0.39, 0.29) is 46.6 Å². The predicted octanol–water partition coefficient (Wildman–Crippen LogP) is 3.01. The van der Waals surface area contributed by atoms with Crippen LogP contribution in [-0.4, -0.2) is 94.1 Å². The molecule has 16 nitrogen and oxygen atoms in total. The van der Waals surface area contributed by atoms with Crippen molar-refractivity contribution in [3.8, 4) is 33.8 Å². The molecule has 326 valence electrons. The summed E-state index contributed by atoms with van der Waals surface area (Å²) < 4.78 is 0. The van der Waals surface area contributed by atoms with Crippen molar-refractivity contribution in [1.82, 2.24) is 26.2 Å². The van der Waals surface area contributed by atoms with Crippen molar-refractivity contribution in [3.05, 3.63) is 107 Å². The molecular formula is C45H50ClN7O9. The molecule has 4 bridgehead atoms. The van der Waals surface area contributed by atoms with Crippen molar-refractivity contribution < 1.29 is 43.8 Å². The molecule has 5 unspecified atom stereocenters. The van der Waals surface area contributed by atoms with Crippen LogP contribution < -0.4 is 32.7 Å². The number of rotatable bonds is 14. The number of primary amides is 1. The molecule has 10 N–H and O–H groups in total. The highest BCUT2D eigenvalue weighted by Gasteiger charge is 2.36. The van der Waals surface area contributed by atoms with Gasteiger partial charge in [-0.25, -0.2) is 0 Å². The first kappa shape index (κ1) is 46.3. The van der Waals surface area contributed by atoms with Gasteiger partial charge < -0.3 is 47.8 Å². The van der Waals surface area contributed by atoms with E-state index in [1.165, 1.54) is 57.3 Å². The minimum absolute atomic E-state index is 0.0798. The fourth-order valence-corrected chi connectivity index (χ4v) is 7.18. The number of nitrogens with zero attached hydrogens (tertiary/aromatic N) is 1. The summed E-state index contributed by atoms with van der Waals surface area (Å²) in [5.41, 5.74) is 13.7. The molecule has 62 heavy (non-hydrogen) atoms. The van der Waals surface area contributed by atoms with E-state index < -0.39 is 77.9 Å². The van der Waals surface area contributed by atoms with Gasteiger partial charge in [0.2, 0.25) is 29.5 Å². The first-order valence-corrected chi connectivity index (χ1v) is 20.4. The fourth-order valence-electron chi connectivity index (χ4n) is 7.06. The van der Waals surface area contributed by atoms with Crippen molar-refractivity contribution >= 4 is 52.8 Å². The Kier molecular flexibility index (Phi) is 15.4. The maximum atomic E-state index is 14.5. The Labute approximate surface area is 363 Å². The van der Waals surface area contributed by atoms with Crippen LogP contribution in [0.2, 0.25) is 5.02 Å². The van der Waals surface area contributed by atoms with Crippen LogP contribution in [0.25, 0.3) is 22.3 Å². The minimum Gasteiger partial charge on any atom is -0.507 e. The number of likely N-dealkylation sites (N-methyl/N-ethyl adjacent to an activating group) is 1. The molecule has 0 fully saturated rings. The average molecular weight is 868 g/mol. The number of nitrogens with two attached hydrogens (primary N) is 2. The molecule has 0 spiro atoms. The summed E-state index contributed by atoms with van der Waals surface area (Å²) >= 11 is 6.04. The van der Waals surface area contributed by atoms with Crippen LogP contribution in [0.15, 0.2) is 84.9 Å². The van der Waals surface area contributed by atoms with Crippen LogP contribution in [0, 0.1) is 0 Å². The monoisotopic (exact) mass is 867 g/mol. The predicted molar refractivity (Wildman–Crippen MR) is 231 cm³/mol. The third kappa shape index (κ3) is 11.5. The summed E-state index contributed by atoms with van der Waals surface area (Å²) in [6, 6.07) is 16.1. The Morgan fingerprint density at radius 1 is 0.839 bits per heavy atom. The Bertz CT molecular complexity index is 2340. The number of halogens is 1. The van der Waals surface area contributed by atoms with Crippen molar-refractivity contribution in [2.24, 2.45) is 11.5 Å². The third-order valence-corrected chi connectivity index (χ3v) is 10.8. The highest BCUT2D eigenvalue weighted by atomic mass is 35.5. The molecule has 4 aromatic carbocycles. The summed E-state index contributed by atoms with van der Waals surface area (Å²) in [5.74, 6) is -5.70. The molecule has 5 rings (SSSR count). The summed E-state index contributed by atoms with van der Waals surface area (Å²) in [7, 11) is 1.37. The lowest BCUT2D eigenvalue weighted by atomic mass is 9.93. The summed E-state index contributed by atoms with van der Waals surface area (Å²) in [4.78, 5) is 94.8. The van der Waals surface area contributed by atoms with E-state index in [2.05, 4.69) is 21.3 Å². The van der Waals surface area contributed by atoms with Gasteiger partial charge in [0.1, 0.15) is 35.7 Å². The summed E-state index contributed by atoms with van der Waals surface area (Å²) in [5, 5.41) is 33.3. The summed E-state index contributed by atoms with van der Waals surface area (Å²) in [6.07, 6.45) is 0.383. The van der Waals surface area contributed by atoms with Crippen molar-refractivity contribution in [1.29, 1.82) is 0 Å². The van der Waals surface area contributed by atoms with Crippen LogP contribution >= 0.6 is 11.6 Å². The smallest absolute Gasteiger partial charge is 0.251 e. The van der Waals surface area contributed by atoms with E-state index in [1.54, 1.807) is 36.4 Å². The number of Topliss-reactive ketones (excluding diaryl/α,β-unsaturated/α-hetero) is 1. The van der Waals surface area contributed by atoms with E-state index in [0.29, 0.717) is 30.0 Å². The third-order valence-electron chi connectivity index (χ3n) is 10.6. The molecule has 17 heteroatoms. The lowest BCUT2D eigenvalue weighted by molar-refractivity contribution is -0.141. The number of hydrogen-bond acceptors (Lipinski definition) is 10. The van der Waals surface area contributed by atoms with E-state index in [1.807, 2.05) is 12.1 Å². The highest BCUT2D eigenvalue weighted by molar-refractivity contribution is 6.30. The number of ketones is 1. The van der Waals surface area contributed by atoms with Crippen molar-refractivity contribution in [2.45, 2.75) is 76.2 Å². The van der Waals surface area contributed by atoms with Crippen LogP contribution in [0.3, 0.4) is 0 Å². The number of unbranched alkanes of at least 4 members (excludes halogenated alkanes) is 1. The number of carbonyl (C=O) groups excluding carboxylic acids is 7. The van der Waals surface area contributed by atoms with Gasteiger partial charge in [-0.3, -0.25) is 33.6 Å². The normalized spacial score (nSPS) is 17.3. The van der Waals surface area contributed by atoms with Gasteiger partial charge in [-0.1, -0.05) is 48.0 Å². The average Bonchev–Trinajstić information content (AvgIpc) is 3.23. The van der Waals surface area contributed by atoms with E-state index >= 15 is 0 Å². The number of benzene rings is 4. The van der Waals surface area contributed by atoms with Gasteiger partial charge in [0.05, 0.1) is 12.5 Å². The van der Waals surface area contributed by atoms with Crippen molar-refractivity contribution in [2.75, 3.05) is 13.6 Å². The lowest BCUT2D eigenvalue weighted by Crippen LogP contribution is -2.57. The maximum Gasteiger partial charge on any atom is 0.251 e. The Morgan fingerprint density at radius 2 is 1.45 bits per heavy atom. The zero-order chi connectivity index (χ0) is 45.2. The zero-order valence-electron chi connectivity index (χ0n) is 34.4. The molecule has 6 amide bonds. The molecule has 5 atom stereocenters. The zero-order valence-corrected chi connectivity index (χ0v) is 35.2. The lowest BCUT2D eigenvalue weighted by Gasteiger charge is -2.32. The second-order valence-electron chi connectivity index (χ2n) is 15.2. The number of phenolic OH excluding ortho intramolecular Hbond substituents is 2. The quantitative estimate of drug-likeness (QED) is 0.0679. The van der Waals surface area contributed by atoms with Gasteiger partial charge in [0, 0.05) is 35.2 Å². The van der Waals surface area contributed by atoms with Gasteiger partial charge in [0.25, 0.3) is 5.91 Å². The molecule has 0 saturated carbocycles. The molecule has 1 aliphatic heterocycles. The molecule has 1 heterocycles. The van der Waals surface area contributed by atoms with Gasteiger partial charge in [-0.15, -0.1) is 0 Å². The first-order chi connectivity index (χ1) is 29.5. The fraction of sp³-hybridized carbons (Fsp3) is 0.311. The maximum absolute atomic E-state index is 14.5. The number of amides is 6. The molecular weight excluding hydrogens is 818 g/mol. The van der Waals surface area contributed by atoms with Gasteiger partial charge in [0.15, 0.2) is 5.78 Å². The number of hydrogen-bond donors (Lipinski definition) is 8. The largest absolute Gasteiger partial charge is 0.507 e. The standard InChI is InChI=1S/C45H50ClN7O9/c1-24(38(56)23-39(48)57)49-43(60)35-21-26-7-17-36(54)32(20-26)33-22-30(14-18-37(33)55)40(44(61)50-25(2)41(58)52-35)53(3)45(62)34(6-4-5-19-47)51-42(59)29-10-8-27(9-11-29)28-12-15-31(46)16-13-28/h7-18,20,22,24-25,34-35,40,54-55H,4-6,19,21,23,47H2,1-3H3,(H2,48,57)(H,49,60)(H,50,61)(H,51,59)(H,52,58). The number of fused-ring (bicyclic) bond motifs is 5. The summed E-state index contributed by atoms with van der Waals surface area (Å²) in [6.45, 7) is 3.07. The van der Waals surface area contributed by atoms with E-state index in [0.717, 1.165) is 16.0 Å². The molecule has 0 radical (unpaired) electrons. The minimum atomic E-state index is -1.46.